The highest BCUT2D eigenvalue weighted by atomic mass is 16.6. The number of hydrogen-bond acceptors (Lipinski definition) is 7. The molecule has 0 saturated carbocycles. The molecular weight excluding hydrogens is 256 g/mol. The van der Waals surface area contributed by atoms with E-state index in [0.717, 1.165) is 0 Å². The molecule has 1 atom stereocenters. The predicted molar refractivity (Wildman–Crippen MR) is 64.3 cm³/mol. The van der Waals surface area contributed by atoms with Crippen molar-refractivity contribution in [3.63, 3.8) is 0 Å². The molecular formula is C12H20O7. The summed E-state index contributed by atoms with van der Waals surface area (Å²) in [6.45, 7) is 4.46. The van der Waals surface area contributed by atoms with Crippen molar-refractivity contribution in [2.24, 2.45) is 0 Å². The van der Waals surface area contributed by atoms with Crippen LogP contribution >= 0.6 is 0 Å². The summed E-state index contributed by atoms with van der Waals surface area (Å²) in [5, 5.41) is 0. The van der Waals surface area contributed by atoms with Crippen LogP contribution < -0.4 is 0 Å². The van der Waals surface area contributed by atoms with E-state index in [-0.39, 0.29) is 38.4 Å². The van der Waals surface area contributed by atoms with E-state index in [4.69, 9.17) is 18.9 Å². The molecule has 19 heavy (non-hydrogen) atoms. The van der Waals surface area contributed by atoms with Crippen molar-refractivity contribution in [2.75, 3.05) is 26.4 Å². The van der Waals surface area contributed by atoms with E-state index in [1.807, 2.05) is 0 Å². The van der Waals surface area contributed by atoms with Crippen molar-refractivity contribution in [3.05, 3.63) is 0 Å². The van der Waals surface area contributed by atoms with Crippen LogP contribution in [0.25, 0.3) is 0 Å². The van der Waals surface area contributed by atoms with Gasteiger partial charge in [0.2, 0.25) is 0 Å². The van der Waals surface area contributed by atoms with Gasteiger partial charge in [-0.15, -0.1) is 0 Å². The van der Waals surface area contributed by atoms with Gasteiger partial charge in [-0.25, -0.2) is 0 Å². The Morgan fingerprint density at radius 2 is 1.32 bits per heavy atom. The molecule has 0 spiro atoms. The second kappa shape index (κ2) is 10.3. The van der Waals surface area contributed by atoms with Gasteiger partial charge in [0.15, 0.2) is 0 Å². The molecule has 0 N–H and O–H groups in total. The van der Waals surface area contributed by atoms with E-state index >= 15 is 0 Å². The van der Waals surface area contributed by atoms with E-state index in [1.54, 1.807) is 0 Å². The molecule has 0 radical (unpaired) electrons. The first kappa shape index (κ1) is 17.4. The third-order valence-corrected chi connectivity index (χ3v) is 1.96. The number of rotatable bonds is 9. The molecule has 0 aromatic heterocycles. The topological polar surface area (TPSA) is 88.1 Å². The average Bonchev–Trinajstić information content (AvgIpc) is 2.29. The molecule has 0 fully saturated rings. The van der Waals surface area contributed by atoms with E-state index in [0.29, 0.717) is 6.42 Å². The standard InChI is InChI=1S/C12H20O7/c1-9(13)16-5-4-12(8-19-11(3)15)18-7-6-17-10(2)14/h12H,4-8H2,1-3H3. The van der Waals surface area contributed by atoms with Crippen LogP contribution in [0.4, 0.5) is 0 Å². The van der Waals surface area contributed by atoms with Crippen LogP contribution in [0.5, 0.6) is 0 Å². The molecule has 0 amide bonds. The van der Waals surface area contributed by atoms with Crippen molar-refractivity contribution < 1.29 is 33.3 Å². The van der Waals surface area contributed by atoms with E-state index in [1.165, 1.54) is 20.8 Å². The van der Waals surface area contributed by atoms with Crippen LogP contribution in [0, 0.1) is 0 Å². The minimum atomic E-state index is -0.416. The summed E-state index contributed by atoms with van der Waals surface area (Å²) >= 11 is 0. The summed E-state index contributed by atoms with van der Waals surface area (Å²) < 4.78 is 19.7. The largest absolute Gasteiger partial charge is 0.466 e. The van der Waals surface area contributed by atoms with Crippen LogP contribution in [0.2, 0.25) is 0 Å². The molecule has 0 rings (SSSR count). The number of ether oxygens (including phenoxy) is 4. The second-order valence-electron chi connectivity index (χ2n) is 3.76. The number of hydrogen-bond donors (Lipinski definition) is 0. The average molecular weight is 276 g/mol. The first-order valence-corrected chi connectivity index (χ1v) is 5.93. The zero-order valence-corrected chi connectivity index (χ0v) is 11.5. The first-order valence-electron chi connectivity index (χ1n) is 5.93. The van der Waals surface area contributed by atoms with Gasteiger partial charge in [0.1, 0.15) is 13.2 Å². The Kier molecular flexibility index (Phi) is 9.42. The summed E-state index contributed by atoms with van der Waals surface area (Å²) in [5.41, 5.74) is 0. The molecule has 0 aliphatic heterocycles. The summed E-state index contributed by atoms with van der Waals surface area (Å²) in [7, 11) is 0. The lowest BCUT2D eigenvalue weighted by Gasteiger charge is -2.17. The molecule has 7 nitrogen and oxygen atoms in total. The molecule has 0 saturated heterocycles. The van der Waals surface area contributed by atoms with E-state index in [9.17, 15) is 14.4 Å². The van der Waals surface area contributed by atoms with Crippen LogP contribution in [0.3, 0.4) is 0 Å². The third-order valence-electron chi connectivity index (χ3n) is 1.96. The summed E-state index contributed by atoms with van der Waals surface area (Å²) in [6, 6.07) is 0. The fraction of sp³-hybridized carbons (Fsp3) is 0.750. The van der Waals surface area contributed by atoms with Crippen LogP contribution in [-0.4, -0.2) is 50.4 Å². The Balaban J connectivity index is 3.91. The highest BCUT2D eigenvalue weighted by molar-refractivity contribution is 5.66. The maximum Gasteiger partial charge on any atom is 0.302 e. The zero-order valence-electron chi connectivity index (χ0n) is 11.5. The molecule has 0 bridgehead atoms. The highest BCUT2D eigenvalue weighted by Gasteiger charge is 2.12. The summed E-state index contributed by atoms with van der Waals surface area (Å²) in [6.07, 6.45) is -0.00812. The molecule has 1 unspecified atom stereocenters. The minimum Gasteiger partial charge on any atom is -0.466 e. The van der Waals surface area contributed by atoms with Gasteiger partial charge in [-0.2, -0.15) is 0 Å². The third kappa shape index (κ3) is 12.6. The van der Waals surface area contributed by atoms with E-state index < -0.39 is 12.1 Å². The lowest BCUT2D eigenvalue weighted by Crippen LogP contribution is -2.25. The molecule has 0 aromatic rings. The normalized spacial score (nSPS) is 11.5. The maximum absolute atomic E-state index is 10.7. The van der Waals surface area contributed by atoms with Crippen molar-refractivity contribution in [3.8, 4) is 0 Å². The molecule has 0 aromatic carbocycles. The Hall–Kier alpha value is -1.63. The molecule has 110 valence electrons. The predicted octanol–water partition coefficient (Wildman–Crippen LogP) is 0.451. The number of carbonyl (C=O) groups is 3. The van der Waals surface area contributed by atoms with Gasteiger partial charge < -0.3 is 18.9 Å². The zero-order chi connectivity index (χ0) is 14.7. The summed E-state index contributed by atoms with van der Waals surface area (Å²) in [5.74, 6) is -1.19. The van der Waals surface area contributed by atoms with Gasteiger partial charge in [-0.1, -0.05) is 0 Å². The summed E-state index contributed by atoms with van der Waals surface area (Å²) in [4.78, 5) is 31.9. The van der Waals surface area contributed by atoms with Gasteiger partial charge in [0.25, 0.3) is 0 Å². The van der Waals surface area contributed by atoms with Crippen LogP contribution in [0.1, 0.15) is 27.2 Å². The number of carbonyl (C=O) groups excluding carboxylic acids is 3. The van der Waals surface area contributed by atoms with Gasteiger partial charge in [0.05, 0.1) is 19.3 Å². The van der Waals surface area contributed by atoms with Gasteiger partial charge in [0, 0.05) is 27.2 Å². The van der Waals surface area contributed by atoms with Crippen LogP contribution in [0.15, 0.2) is 0 Å². The Morgan fingerprint density at radius 3 is 1.84 bits per heavy atom. The lowest BCUT2D eigenvalue weighted by molar-refractivity contribution is -0.150. The fourth-order valence-corrected chi connectivity index (χ4v) is 1.16. The molecule has 0 aliphatic rings. The molecule has 0 aliphatic carbocycles. The van der Waals surface area contributed by atoms with Crippen molar-refractivity contribution in [1.82, 2.24) is 0 Å². The van der Waals surface area contributed by atoms with Gasteiger partial charge in [-0.05, 0) is 0 Å². The molecule has 0 heterocycles. The Morgan fingerprint density at radius 1 is 0.789 bits per heavy atom. The monoisotopic (exact) mass is 276 g/mol. The van der Waals surface area contributed by atoms with Gasteiger partial charge >= 0.3 is 17.9 Å². The minimum absolute atomic E-state index is 0.0661. The number of esters is 3. The molecule has 7 heteroatoms. The second-order valence-corrected chi connectivity index (χ2v) is 3.76. The van der Waals surface area contributed by atoms with Gasteiger partial charge in [-0.3, -0.25) is 14.4 Å². The maximum atomic E-state index is 10.7. The van der Waals surface area contributed by atoms with Crippen molar-refractivity contribution in [1.29, 1.82) is 0 Å². The van der Waals surface area contributed by atoms with Crippen molar-refractivity contribution >= 4 is 17.9 Å². The quantitative estimate of drug-likeness (QED) is 0.343. The van der Waals surface area contributed by atoms with Crippen LogP contribution in [-0.2, 0) is 33.3 Å². The highest BCUT2D eigenvalue weighted by Crippen LogP contribution is 2.01. The van der Waals surface area contributed by atoms with E-state index in [2.05, 4.69) is 0 Å². The Labute approximate surface area is 112 Å². The fourth-order valence-electron chi connectivity index (χ4n) is 1.16. The first-order chi connectivity index (χ1) is 8.91. The lowest BCUT2D eigenvalue weighted by atomic mass is 10.3. The Bertz CT molecular complexity index is 300. The smallest absolute Gasteiger partial charge is 0.302 e. The SMILES string of the molecule is CC(=O)OCCOC(CCOC(C)=O)COC(C)=O. The van der Waals surface area contributed by atoms with Crippen molar-refractivity contribution in [2.45, 2.75) is 33.3 Å².